The summed E-state index contributed by atoms with van der Waals surface area (Å²) in [7, 11) is 0. The Morgan fingerprint density at radius 1 is 1.21 bits per heavy atom. The van der Waals surface area contributed by atoms with Crippen LogP contribution in [0.2, 0.25) is 0 Å². The minimum absolute atomic E-state index is 0.114. The summed E-state index contributed by atoms with van der Waals surface area (Å²) in [4.78, 5) is 23.9. The molecule has 1 amide bonds. The average molecular weight is 281 g/mol. The van der Waals surface area contributed by atoms with Crippen LogP contribution in [0.25, 0.3) is 0 Å². The van der Waals surface area contributed by atoms with Crippen LogP contribution in [0.4, 0.5) is 5.69 Å². The first kappa shape index (κ1) is 15.6. The number of hydrogen-bond donors (Lipinski definition) is 1. The zero-order valence-electron chi connectivity index (χ0n) is 11.3. The van der Waals surface area contributed by atoms with Gasteiger partial charge < -0.3 is 10.1 Å². The zero-order valence-corrected chi connectivity index (χ0v) is 12.1. The number of esters is 1. The molecule has 0 aliphatic heterocycles. The molecule has 0 unspecified atom stereocenters. The average Bonchev–Trinajstić information content (AvgIpc) is 2.39. The first-order valence-electron chi connectivity index (χ1n) is 6.34. The molecule has 0 aliphatic carbocycles. The van der Waals surface area contributed by atoms with Crippen LogP contribution in [0.15, 0.2) is 29.2 Å². The summed E-state index contributed by atoms with van der Waals surface area (Å²) in [6.45, 7) is 4.15. The van der Waals surface area contributed by atoms with Gasteiger partial charge in [-0.25, -0.2) is 0 Å². The molecule has 1 aromatic carbocycles. The summed E-state index contributed by atoms with van der Waals surface area (Å²) in [5.41, 5.74) is 0.795. The van der Waals surface area contributed by atoms with Crippen molar-refractivity contribution in [2.45, 2.75) is 31.6 Å². The van der Waals surface area contributed by atoms with E-state index in [1.165, 1.54) is 0 Å². The van der Waals surface area contributed by atoms with E-state index in [0.717, 1.165) is 16.3 Å². The second-order valence-corrected chi connectivity index (χ2v) is 5.09. The molecule has 104 valence electrons. The lowest BCUT2D eigenvalue weighted by Gasteiger charge is -2.09. The van der Waals surface area contributed by atoms with Crippen molar-refractivity contribution in [3.05, 3.63) is 24.3 Å². The minimum atomic E-state index is -0.339. The standard InChI is InChI=1S/C14H19NO3S/c1-3-18-14(17)10-9-13(16)15-11-7-5-6-8-12(11)19-4-2/h5-8H,3-4,9-10H2,1-2H3,(H,15,16). The second-order valence-electron chi connectivity index (χ2n) is 3.78. The summed E-state index contributed by atoms with van der Waals surface area (Å²) in [5, 5.41) is 2.83. The molecule has 0 aliphatic rings. The maximum atomic E-state index is 11.7. The van der Waals surface area contributed by atoms with E-state index in [1.54, 1.807) is 18.7 Å². The number of carbonyl (C=O) groups excluding carboxylic acids is 2. The third-order valence-corrected chi connectivity index (χ3v) is 3.28. The number of amides is 1. The van der Waals surface area contributed by atoms with E-state index in [2.05, 4.69) is 12.2 Å². The van der Waals surface area contributed by atoms with Crippen LogP contribution in [-0.2, 0) is 14.3 Å². The normalized spacial score (nSPS) is 10.0. The van der Waals surface area contributed by atoms with E-state index in [4.69, 9.17) is 4.74 Å². The van der Waals surface area contributed by atoms with E-state index < -0.39 is 0 Å². The molecular formula is C14H19NO3S. The maximum absolute atomic E-state index is 11.7. The SMILES string of the molecule is CCOC(=O)CCC(=O)Nc1ccccc1SCC. The third kappa shape index (κ3) is 5.79. The number of hydrogen-bond acceptors (Lipinski definition) is 4. The molecule has 0 spiro atoms. The number of nitrogens with one attached hydrogen (secondary N) is 1. The van der Waals surface area contributed by atoms with Crippen molar-refractivity contribution in [2.75, 3.05) is 17.7 Å². The first-order chi connectivity index (χ1) is 9.17. The van der Waals surface area contributed by atoms with Gasteiger partial charge in [-0.1, -0.05) is 19.1 Å². The Balaban J connectivity index is 2.50. The molecular weight excluding hydrogens is 262 g/mol. The fraction of sp³-hybridized carbons (Fsp3) is 0.429. The summed E-state index contributed by atoms with van der Waals surface area (Å²) >= 11 is 1.67. The van der Waals surface area contributed by atoms with E-state index in [0.29, 0.717) is 6.61 Å². The predicted octanol–water partition coefficient (Wildman–Crippen LogP) is 3.08. The Morgan fingerprint density at radius 2 is 1.95 bits per heavy atom. The van der Waals surface area contributed by atoms with Crippen molar-refractivity contribution in [3.63, 3.8) is 0 Å². The summed E-state index contributed by atoms with van der Waals surface area (Å²) in [6.07, 6.45) is 0.257. The number of benzene rings is 1. The van der Waals surface area contributed by atoms with Gasteiger partial charge in [-0.05, 0) is 24.8 Å². The predicted molar refractivity (Wildman–Crippen MR) is 77.3 cm³/mol. The smallest absolute Gasteiger partial charge is 0.306 e. The molecule has 1 aromatic rings. The maximum Gasteiger partial charge on any atom is 0.306 e. The van der Waals surface area contributed by atoms with Gasteiger partial charge in [0.1, 0.15) is 0 Å². The number of thioether (sulfide) groups is 1. The van der Waals surface area contributed by atoms with Gasteiger partial charge in [-0.3, -0.25) is 9.59 Å². The number of para-hydroxylation sites is 1. The van der Waals surface area contributed by atoms with Gasteiger partial charge in [0.15, 0.2) is 0 Å². The number of rotatable bonds is 7. The summed E-state index contributed by atoms with van der Waals surface area (Å²) in [5.74, 6) is 0.432. The molecule has 1 N–H and O–H groups in total. The van der Waals surface area contributed by atoms with Crippen LogP contribution in [0.1, 0.15) is 26.7 Å². The van der Waals surface area contributed by atoms with Gasteiger partial charge >= 0.3 is 5.97 Å². The molecule has 0 heterocycles. The molecule has 1 rings (SSSR count). The number of carbonyl (C=O) groups is 2. The van der Waals surface area contributed by atoms with Crippen LogP contribution in [0, 0.1) is 0 Å². The van der Waals surface area contributed by atoms with E-state index >= 15 is 0 Å². The largest absolute Gasteiger partial charge is 0.466 e. The van der Waals surface area contributed by atoms with Crippen molar-refractivity contribution in [1.29, 1.82) is 0 Å². The molecule has 19 heavy (non-hydrogen) atoms. The van der Waals surface area contributed by atoms with Crippen molar-refractivity contribution < 1.29 is 14.3 Å². The first-order valence-corrected chi connectivity index (χ1v) is 7.33. The highest BCUT2D eigenvalue weighted by atomic mass is 32.2. The monoisotopic (exact) mass is 281 g/mol. The molecule has 0 aromatic heterocycles. The molecule has 5 heteroatoms. The highest BCUT2D eigenvalue weighted by molar-refractivity contribution is 7.99. The molecule has 0 radical (unpaired) electrons. The fourth-order valence-electron chi connectivity index (χ4n) is 1.51. The summed E-state index contributed by atoms with van der Waals surface area (Å²) < 4.78 is 4.78. The minimum Gasteiger partial charge on any atom is -0.466 e. The molecule has 0 saturated carbocycles. The lowest BCUT2D eigenvalue weighted by atomic mass is 10.2. The van der Waals surface area contributed by atoms with Gasteiger partial charge in [0.25, 0.3) is 0 Å². The van der Waals surface area contributed by atoms with Crippen LogP contribution in [0.3, 0.4) is 0 Å². The van der Waals surface area contributed by atoms with Crippen molar-refractivity contribution in [1.82, 2.24) is 0 Å². The van der Waals surface area contributed by atoms with Crippen LogP contribution in [0.5, 0.6) is 0 Å². The van der Waals surface area contributed by atoms with Crippen molar-refractivity contribution in [3.8, 4) is 0 Å². The molecule has 4 nitrogen and oxygen atoms in total. The highest BCUT2D eigenvalue weighted by Gasteiger charge is 2.09. The molecule has 0 atom stereocenters. The van der Waals surface area contributed by atoms with Crippen molar-refractivity contribution >= 4 is 29.3 Å². The number of anilines is 1. The Bertz CT molecular complexity index is 434. The molecule has 0 saturated heterocycles. The molecule has 0 bridgehead atoms. The Morgan fingerprint density at radius 3 is 2.63 bits per heavy atom. The Hall–Kier alpha value is -1.49. The Kier molecular flexibility index (Phi) is 7.03. The van der Waals surface area contributed by atoms with Crippen LogP contribution >= 0.6 is 11.8 Å². The fourth-order valence-corrected chi connectivity index (χ4v) is 2.27. The highest BCUT2D eigenvalue weighted by Crippen LogP contribution is 2.26. The van der Waals surface area contributed by atoms with Crippen LogP contribution in [-0.4, -0.2) is 24.2 Å². The quantitative estimate of drug-likeness (QED) is 0.616. The topological polar surface area (TPSA) is 55.4 Å². The lowest BCUT2D eigenvalue weighted by Crippen LogP contribution is -2.15. The van der Waals surface area contributed by atoms with E-state index in [1.807, 2.05) is 24.3 Å². The zero-order chi connectivity index (χ0) is 14.1. The van der Waals surface area contributed by atoms with Gasteiger partial charge in [0.2, 0.25) is 5.91 Å². The van der Waals surface area contributed by atoms with Gasteiger partial charge in [0, 0.05) is 11.3 Å². The summed E-state index contributed by atoms with van der Waals surface area (Å²) in [6, 6.07) is 7.64. The molecule has 0 fully saturated rings. The van der Waals surface area contributed by atoms with Gasteiger partial charge in [0.05, 0.1) is 18.7 Å². The van der Waals surface area contributed by atoms with E-state index in [-0.39, 0.29) is 24.7 Å². The number of ether oxygens (including phenoxy) is 1. The second kappa shape index (κ2) is 8.58. The van der Waals surface area contributed by atoms with Gasteiger partial charge in [-0.15, -0.1) is 11.8 Å². The van der Waals surface area contributed by atoms with Gasteiger partial charge in [-0.2, -0.15) is 0 Å². The van der Waals surface area contributed by atoms with Crippen molar-refractivity contribution in [2.24, 2.45) is 0 Å². The lowest BCUT2D eigenvalue weighted by molar-refractivity contribution is -0.144. The third-order valence-electron chi connectivity index (χ3n) is 2.32. The van der Waals surface area contributed by atoms with Crippen LogP contribution < -0.4 is 5.32 Å². The van der Waals surface area contributed by atoms with E-state index in [9.17, 15) is 9.59 Å². The Labute approximate surface area is 117 Å².